The van der Waals surface area contributed by atoms with Crippen molar-refractivity contribution in [2.75, 3.05) is 0 Å². The van der Waals surface area contributed by atoms with Crippen LogP contribution in [0.25, 0.3) is 0 Å². The van der Waals surface area contributed by atoms with E-state index in [1.807, 2.05) is 6.07 Å². The topological polar surface area (TPSA) is 43.7 Å². The number of phenolic OH excluding ortho intramolecular Hbond substituents is 1. The number of hydroxylamine groups is 1. The first-order chi connectivity index (χ1) is 5.27. The van der Waals surface area contributed by atoms with Gasteiger partial charge in [-0.3, -0.25) is 0 Å². The van der Waals surface area contributed by atoms with Crippen LogP contribution in [0.1, 0.15) is 5.56 Å². The van der Waals surface area contributed by atoms with Crippen molar-refractivity contribution in [2.45, 2.75) is 4.90 Å². The summed E-state index contributed by atoms with van der Waals surface area (Å²) < 4.78 is 0.977. The molecule has 1 aromatic rings. The summed E-state index contributed by atoms with van der Waals surface area (Å²) in [5.41, 5.74) is 0.681. The van der Waals surface area contributed by atoms with Gasteiger partial charge in [0.1, 0.15) is 5.75 Å². The first kappa shape index (κ1) is 6.97. The Bertz CT molecular complexity index is 290. The molecule has 0 aromatic heterocycles. The standard InChI is InChI=1S/C7H6NO2S/c9-6-2-1-3-7-5(6)4-8(10)11-7/h1-4,9-10H. The van der Waals surface area contributed by atoms with E-state index in [0.717, 1.165) is 9.36 Å². The molecule has 4 heteroatoms. The maximum Gasteiger partial charge on any atom is 0.121 e. The number of rotatable bonds is 0. The Morgan fingerprint density at radius 1 is 1.36 bits per heavy atom. The molecule has 0 spiro atoms. The van der Waals surface area contributed by atoms with Crippen molar-refractivity contribution >= 4 is 11.9 Å². The van der Waals surface area contributed by atoms with Gasteiger partial charge in [0.05, 0.1) is 6.54 Å². The normalized spacial score (nSPS) is 16.8. The molecule has 0 bridgehead atoms. The predicted octanol–water partition coefficient (Wildman–Crippen LogP) is 1.61. The number of hydrogen-bond acceptors (Lipinski definition) is 4. The van der Waals surface area contributed by atoms with Crippen LogP contribution in [0.3, 0.4) is 0 Å². The van der Waals surface area contributed by atoms with Crippen molar-refractivity contribution in [3.05, 3.63) is 30.3 Å². The van der Waals surface area contributed by atoms with Gasteiger partial charge in [-0.25, -0.2) is 0 Å². The highest BCUT2D eigenvalue weighted by atomic mass is 32.2. The van der Waals surface area contributed by atoms with E-state index in [4.69, 9.17) is 5.21 Å². The molecule has 11 heavy (non-hydrogen) atoms. The lowest BCUT2D eigenvalue weighted by Crippen LogP contribution is -1.98. The van der Waals surface area contributed by atoms with E-state index in [0.29, 0.717) is 5.56 Å². The zero-order chi connectivity index (χ0) is 7.84. The van der Waals surface area contributed by atoms with Crippen molar-refractivity contribution in [3.63, 3.8) is 0 Å². The van der Waals surface area contributed by atoms with Crippen LogP contribution < -0.4 is 0 Å². The molecule has 1 aromatic carbocycles. The van der Waals surface area contributed by atoms with Crippen LogP contribution in [0.4, 0.5) is 0 Å². The van der Waals surface area contributed by atoms with Gasteiger partial charge < -0.3 is 10.3 Å². The van der Waals surface area contributed by atoms with Gasteiger partial charge in [-0.1, -0.05) is 6.07 Å². The molecular weight excluding hydrogens is 162 g/mol. The third-order valence-corrected chi connectivity index (χ3v) is 2.32. The summed E-state index contributed by atoms with van der Waals surface area (Å²) in [6, 6.07) is 5.18. The highest BCUT2D eigenvalue weighted by Gasteiger charge is 2.21. The summed E-state index contributed by atoms with van der Waals surface area (Å²) in [4.78, 5) is 0.868. The van der Waals surface area contributed by atoms with Crippen molar-refractivity contribution in [1.29, 1.82) is 0 Å². The Morgan fingerprint density at radius 2 is 2.18 bits per heavy atom. The van der Waals surface area contributed by atoms with Crippen LogP contribution in [0.2, 0.25) is 0 Å². The summed E-state index contributed by atoms with van der Waals surface area (Å²) in [5, 5.41) is 18.3. The number of nitrogens with zero attached hydrogens (tertiary/aromatic N) is 1. The lowest BCUT2D eigenvalue weighted by atomic mass is 10.2. The summed E-state index contributed by atoms with van der Waals surface area (Å²) in [6.45, 7) is 1.48. The molecule has 1 radical (unpaired) electrons. The monoisotopic (exact) mass is 168 g/mol. The smallest absolute Gasteiger partial charge is 0.121 e. The Hall–Kier alpha value is -0.710. The average Bonchev–Trinajstić information content (AvgIpc) is 2.31. The maximum absolute atomic E-state index is 9.27. The predicted molar refractivity (Wildman–Crippen MR) is 41.0 cm³/mol. The van der Waals surface area contributed by atoms with Gasteiger partial charge >= 0.3 is 0 Å². The van der Waals surface area contributed by atoms with Crippen LogP contribution in [0.5, 0.6) is 5.75 Å². The molecule has 0 amide bonds. The second-order valence-corrected chi connectivity index (χ2v) is 3.21. The van der Waals surface area contributed by atoms with Crippen molar-refractivity contribution in [1.82, 2.24) is 4.47 Å². The Kier molecular flexibility index (Phi) is 1.52. The molecule has 57 valence electrons. The Morgan fingerprint density at radius 3 is 2.91 bits per heavy atom. The van der Waals surface area contributed by atoms with E-state index in [1.54, 1.807) is 12.1 Å². The molecule has 2 N–H and O–H groups in total. The fourth-order valence-corrected chi connectivity index (χ4v) is 1.73. The van der Waals surface area contributed by atoms with Crippen LogP contribution in [0, 0.1) is 6.54 Å². The lowest BCUT2D eigenvalue weighted by molar-refractivity contribution is 0.0559. The van der Waals surface area contributed by atoms with E-state index in [-0.39, 0.29) is 5.75 Å². The first-order valence-corrected chi connectivity index (χ1v) is 3.87. The van der Waals surface area contributed by atoms with Crippen molar-refractivity contribution in [3.8, 4) is 5.75 Å². The largest absolute Gasteiger partial charge is 0.508 e. The minimum atomic E-state index is 0.201. The maximum atomic E-state index is 9.27. The fraction of sp³-hybridized carbons (Fsp3) is 0. The molecule has 0 unspecified atom stereocenters. The molecule has 0 saturated heterocycles. The van der Waals surface area contributed by atoms with Gasteiger partial charge in [-0.15, -0.1) is 4.47 Å². The number of hydrogen-bond donors (Lipinski definition) is 2. The average molecular weight is 168 g/mol. The SMILES string of the molecule is Oc1cccc2c1[CH]N(O)S2. The van der Waals surface area contributed by atoms with E-state index < -0.39 is 0 Å². The van der Waals surface area contributed by atoms with Gasteiger partial charge in [0.2, 0.25) is 0 Å². The molecule has 1 heterocycles. The Labute approximate surface area is 68.4 Å². The van der Waals surface area contributed by atoms with Crippen LogP contribution in [-0.4, -0.2) is 14.8 Å². The van der Waals surface area contributed by atoms with Gasteiger partial charge in [-0.2, -0.15) is 0 Å². The molecule has 0 fully saturated rings. The second-order valence-electron chi connectivity index (χ2n) is 2.21. The quantitative estimate of drug-likeness (QED) is 0.578. The van der Waals surface area contributed by atoms with E-state index in [2.05, 4.69) is 0 Å². The third kappa shape index (κ3) is 1.09. The van der Waals surface area contributed by atoms with Gasteiger partial charge in [0.15, 0.2) is 0 Å². The Balaban J connectivity index is 2.49. The summed E-state index contributed by atoms with van der Waals surface area (Å²) in [7, 11) is 0. The highest BCUT2D eigenvalue weighted by molar-refractivity contribution is 7.97. The lowest BCUT2D eigenvalue weighted by Gasteiger charge is -1.98. The molecule has 2 rings (SSSR count). The van der Waals surface area contributed by atoms with Crippen LogP contribution in [-0.2, 0) is 0 Å². The number of phenols is 1. The first-order valence-electron chi connectivity index (χ1n) is 3.10. The molecule has 0 aliphatic carbocycles. The number of fused-ring (bicyclic) bond motifs is 1. The second kappa shape index (κ2) is 2.41. The third-order valence-electron chi connectivity index (χ3n) is 1.47. The molecule has 0 saturated carbocycles. The zero-order valence-corrected chi connectivity index (χ0v) is 6.38. The van der Waals surface area contributed by atoms with Crippen molar-refractivity contribution < 1.29 is 10.3 Å². The molecule has 3 nitrogen and oxygen atoms in total. The van der Waals surface area contributed by atoms with Gasteiger partial charge in [-0.05, 0) is 24.1 Å². The summed E-state index contributed by atoms with van der Waals surface area (Å²) >= 11 is 1.18. The number of aromatic hydroxyl groups is 1. The van der Waals surface area contributed by atoms with Crippen LogP contribution >= 0.6 is 11.9 Å². The van der Waals surface area contributed by atoms with Crippen LogP contribution in [0.15, 0.2) is 23.1 Å². The minimum absolute atomic E-state index is 0.201. The molecule has 1 aliphatic rings. The minimum Gasteiger partial charge on any atom is -0.508 e. The summed E-state index contributed by atoms with van der Waals surface area (Å²) in [6.07, 6.45) is 0. The van der Waals surface area contributed by atoms with Crippen molar-refractivity contribution in [2.24, 2.45) is 0 Å². The summed E-state index contributed by atoms with van der Waals surface area (Å²) in [5.74, 6) is 0.201. The van der Waals surface area contributed by atoms with Gasteiger partial charge in [0, 0.05) is 10.5 Å². The van der Waals surface area contributed by atoms with E-state index in [9.17, 15) is 5.11 Å². The number of benzene rings is 1. The highest BCUT2D eigenvalue weighted by Crippen LogP contribution is 2.39. The van der Waals surface area contributed by atoms with E-state index >= 15 is 0 Å². The molecular formula is C7H6NO2S. The van der Waals surface area contributed by atoms with Gasteiger partial charge in [0.25, 0.3) is 0 Å². The van der Waals surface area contributed by atoms with E-state index in [1.165, 1.54) is 18.5 Å². The molecule has 0 atom stereocenters. The molecule has 1 aliphatic heterocycles. The fourth-order valence-electron chi connectivity index (χ4n) is 0.979. The zero-order valence-electron chi connectivity index (χ0n) is 5.56.